The van der Waals surface area contributed by atoms with Crippen molar-refractivity contribution in [1.29, 1.82) is 5.26 Å². The largest absolute Gasteiger partial charge is 0.372 e. The van der Waals surface area contributed by atoms with E-state index >= 15 is 0 Å². The van der Waals surface area contributed by atoms with Crippen LogP contribution in [-0.2, 0) is 14.6 Å². The molecule has 0 aliphatic carbocycles. The van der Waals surface area contributed by atoms with Crippen molar-refractivity contribution in [2.24, 2.45) is 0 Å². The fourth-order valence-electron chi connectivity index (χ4n) is 2.63. The average Bonchev–Trinajstić information content (AvgIpc) is 2.90. The lowest BCUT2D eigenvalue weighted by Gasteiger charge is -2.25. The maximum absolute atomic E-state index is 12.3. The number of hydrogen-bond acceptors (Lipinski definition) is 5. The Morgan fingerprint density at radius 2 is 2.08 bits per heavy atom. The molecule has 24 heavy (non-hydrogen) atoms. The van der Waals surface area contributed by atoms with Crippen LogP contribution in [0.15, 0.2) is 36.0 Å². The Balaban J connectivity index is 2.13. The van der Waals surface area contributed by atoms with E-state index in [4.69, 9.17) is 0 Å². The molecule has 1 aliphatic rings. The van der Waals surface area contributed by atoms with E-state index in [1.54, 1.807) is 17.0 Å². The molecule has 1 aromatic carbocycles. The van der Waals surface area contributed by atoms with Gasteiger partial charge in [0.2, 0.25) is 0 Å². The van der Waals surface area contributed by atoms with Crippen LogP contribution in [0.25, 0.3) is 0 Å². The molecule has 128 valence electrons. The summed E-state index contributed by atoms with van der Waals surface area (Å²) in [5, 5.41) is 12.0. The molecule has 1 atom stereocenters. The van der Waals surface area contributed by atoms with Crippen molar-refractivity contribution in [3.8, 4) is 6.07 Å². The second-order valence-electron chi connectivity index (χ2n) is 5.86. The summed E-state index contributed by atoms with van der Waals surface area (Å²) in [4.78, 5) is 14.0. The van der Waals surface area contributed by atoms with Crippen LogP contribution in [-0.4, -0.2) is 43.3 Å². The molecule has 1 saturated heterocycles. The molecule has 1 aromatic rings. The summed E-state index contributed by atoms with van der Waals surface area (Å²) in [6, 6.07) is 8.99. The van der Waals surface area contributed by atoms with Crippen molar-refractivity contribution in [2.75, 3.05) is 23.4 Å². The van der Waals surface area contributed by atoms with Gasteiger partial charge in [0.15, 0.2) is 9.84 Å². The van der Waals surface area contributed by atoms with Crippen molar-refractivity contribution in [3.63, 3.8) is 0 Å². The first-order chi connectivity index (χ1) is 11.3. The molecular weight excluding hydrogens is 326 g/mol. The molecule has 1 amide bonds. The molecule has 0 aromatic heterocycles. The van der Waals surface area contributed by atoms with Crippen LogP contribution in [0, 0.1) is 18.3 Å². The molecule has 1 fully saturated rings. The van der Waals surface area contributed by atoms with Gasteiger partial charge in [-0.2, -0.15) is 5.26 Å². The first kappa shape index (κ1) is 18.0. The molecule has 0 spiro atoms. The van der Waals surface area contributed by atoms with E-state index in [-0.39, 0.29) is 23.1 Å². The number of nitrogens with one attached hydrogen (secondary N) is 1. The van der Waals surface area contributed by atoms with Crippen molar-refractivity contribution < 1.29 is 13.2 Å². The first-order valence-corrected chi connectivity index (χ1v) is 9.63. The van der Waals surface area contributed by atoms with Gasteiger partial charge >= 0.3 is 0 Å². The molecule has 1 N–H and O–H groups in total. The second kappa shape index (κ2) is 7.49. The van der Waals surface area contributed by atoms with Gasteiger partial charge in [0, 0.05) is 24.5 Å². The average molecular weight is 347 g/mol. The summed E-state index contributed by atoms with van der Waals surface area (Å²) in [6.07, 6.45) is 1.99. The van der Waals surface area contributed by atoms with Gasteiger partial charge in [-0.25, -0.2) is 8.42 Å². The number of nitriles is 1. The molecule has 1 heterocycles. The number of carbonyl (C=O) groups excluding carboxylic acids is 1. The van der Waals surface area contributed by atoms with Gasteiger partial charge in [-0.15, -0.1) is 0 Å². The third-order valence-electron chi connectivity index (χ3n) is 4.01. The summed E-state index contributed by atoms with van der Waals surface area (Å²) in [6.45, 7) is 4.35. The second-order valence-corrected chi connectivity index (χ2v) is 8.09. The van der Waals surface area contributed by atoms with Crippen LogP contribution in [0.1, 0.15) is 18.9 Å². The quantitative estimate of drug-likeness (QED) is 0.648. The fourth-order valence-corrected chi connectivity index (χ4v) is 4.37. The Hall–Kier alpha value is -2.33. The number of nitrogens with zero attached hydrogens (tertiary/aromatic N) is 2. The predicted octanol–water partition coefficient (Wildman–Crippen LogP) is 1.85. The molecule has 1 aliphatic heterocycles. The van der Waals surface area contributed by atoms with Gasteiger partial charge in [-0.3, -0.25) is 4.79 Å². The van der Waals surface area contributed by atoms with Gasteiger partial charge in [-0.05, 0) is 32.4 Å². The van der Waals surface area contributed by atoms with Crippen LogP contribution < -0.4 is 5.32 Å². The van der Waals surface area contributed by atoms with Crippen molar-refractivity contribution in [3.05, 3.63) is 41.6 Å². The lowest BCUT2D eigenvalue weighted by atomic mass is 10.2. The zero-order chi connectivity index (χ0) is 17.7. The highest BCUT2D eigenvalue weighted by atomic mass is 32.2. The van der Waals surface area contributed by atoms with E-state index in [1.807, 2.05) is 32.0 Å². The molecular formula is C17H21N3O3S. The number of carbonyl (C=O) groups is 1. The van der Waals surface area contributed by atoms with E-state index in [0.29, 0.717) is 18.7 Å². The molecule has 6 nitrogen and oxygen atoms in total. The number of anilines is 1. The summed E-state index contributed by atoms with van der Waals surface area (Å²) in [5.41, 5.74) is 1.64. The zero-order valence-electron chi connectivity index (χ0n) is 13.8. The van der Waals surface area contributed by atoms with E-state index in [9.17, 15) is 18.5 Å². The van der Waals surface area contributed by atoms with Gasteiger partial charge in [0.1, 0.15) is 11.6 Å². The third kappa shape index (κ3) is 4.59. The number of hydrogen-bond donors (Lipinski definition) is 1. The van der Waals surface area contributed by atoms with Gasteiger partial charge in [0.25, 0.3) is 5.91 Å². The van der Waals surface area contributed by atoms with Crippen molar-refractivity contribution in [2.45, 2.75) is 26.3 Å². The summed E-state index contributed by atoms with van der Waals surface area (Å²) >= 11 is 0. The lowest BCUT2D eigenvalue weighted by molar-refractivity contribution is -0.112. The molecule has 0 radical (unpaired) electrons. The van der Waals surface area contributed by atoms with Crippen molar-refractivity contribution >= 4 is 21.4 Å². The Bertz CT molecular complexity index is 776. The van der Waals surface area contributed by atoms with E-state index in [0.717, 1.165) is 5.56 Å². The lowest BCUT2D eigenvalue weighted by Crippen LogP contribution is -2.32. The number of amides is 1. The third-order valence-corrected chi connectivity index (χ3v) is 5.76. The van der Waals surface area contributed by atoms with Gasteiger partial charge in [-0.1, -0.05) is 17.7 Å². The number of benzene rings is 1. The van der Waals surface area contributed by atoms with E-state index in [2.05, 4.69) is 5.32 Å². The highest BCUT2D eigenvalue weighted by Crippen LogP contribution is 2.19. The van der Waals surface area contributed by atoms with Gasteiger partial charge in [0.05, 0.1) is 11.5 Å². The molecule has 0 saturated carbocycles. The topological polar surface area (TPSA) is 90.3 Å². The zero-order valence-corrected chi connectivity index (χ0v) is 14.6. The summed E-state index contributed by atoms with van der Waals surface area (Å²) < 4.78 is 23.3. The van der Waals surface area contributed by atoms with Crippen LogP contribution in [0.3, 0.4) is 0 Å². The fraction of sp³-hybridized carbons (Fsp3) is 0.412. The minimum Gasteiger partial charge on any atom is -0.372 e. The molecule has 0 bridgehead atoms. The van der Waals surface area contributed by atoms with Crippen LogP contribution in [0.4, 0.5) is 5.69 Å². The van der Waals surface area contributed by atoms with Crippen LogP contribution >= 0.6 is 0 Å². The highest BCUT2D eigenvalue weighted by molar-refractivity contribution is 7.91. The number of aryl methyl sites for hydroxylation is 1. The molecule has 7 heteroatoms. The minimum atomic E-state index is -3.02. The number of rotatable bonds is 5. The highest BCUT2D eigenvalue weighted by Gasteiger charge is 2.31. The predicted molar refractivity (Wildman–Crippen MR) is 92.9 cm³/mol. The Morgan fingerprint density at radius 3 is 2.58 bits per heavy atom. The maximum Gasteiger partial charge on any atom is 0.267 e. The molecule has 2 rings (SSSR count). The SMILES string of the molecule is CCN(/C=C(/C#N)C(=O)Nc1ccc(C)cc1)C1CCS(=O)(=O)C1. The molecule has 1 unspecified atom stereocenters. The van der Waals surface area contributed by atoms with E-state index in [1.165, 1.54) is 6.20 Å². The number of sulfone groups is 1. The monoisotopic (exact) mass is 347 g/mol. The van der Waals surface area contributed by atoms with E-state index < -0.39 is 15.7 Å². The smallest absolute Gasteiger partial charge is 0.267 e. The standard InChI is InChI=1S/C17H21N3O3S/c1-3-20(16-8-9-24(22,23)12-16)11-14(10-18)17(21)19-15-6-4-13(2)5-7-15/h4-7,11,16H,3,8-9,12H2,1-2H3,(H,19,21)/b14-11-. The Labute approximate surface area is 142 Å². The summed E-state index contributed by atoms with van der Waals surface area (Å²) in [7, 11) is -3.02. The van der Waals surface area contributed by atoms with Gasteiger partial charge < -0.3 is 10.2 Å². The Kier molecular flexibility index (Phi) is 5.62. The summed E-state index contributed by atoms with van der Waals surface area (Å²) in [5.74, 6) is -0.282. The maximum atomic E-state index is 12.3. The normalized spacial score (nSPS) is 19.5. The van der Waals surface area contributed by atoms with Crippen LogP contribution in [0.2, 0.25) is 0 Å². The van der Waals surface area contributed by atoms with Crippen molar-refractivity contribution in [1.82, 2.24) is 4.90 Å². The van der Waals surface area contributed by atoms with Crippen LogP contribution in [0.5, 0.6) is 0 Å². The first-order valence-electron chi connectivity index (χ1n) is 7.80. The Morgan fingerprint density at radius 1 is 1.42 bits per heavy atom. The minimum absolute atomic E-state index is 0.0401.